The van der Waals surface area contributed by atoms with Crippen molar-refractivity contribution in [1.82, 2.24) is 10.5 Å². The van der Waals surface area contributed by atoms with E-state index < -0.39 is 0 Å². The molecule has 0 fully saturated rings. The number of benzene rings is 2. The average Bonchev–Trinajstić information content (AvgIpc) is 3.06. The van der Waals surface area contributed by atoms with E-state index in [1.165, 1.54) is 10.4 Å². The van der Waals surface area contributed by atoms with Gasteiger partial charge in [0.2, 0.25) is 0 Å². The molecule has 2 aliphatic rings. The van der Waals surface area contributed by atoms with Gasteiger partial charge in [-0.05, 0) is 17.4 Å². The molecule has 110 valence electrons. The van der Waals surface area contributed by atoms with Gasteiger partial charge in [0.1, 0.15) is 0 Å². The minimum absolute atomic E-state index is 0.137. The zero-order chi connectivity index (χ0) is 15.5. The Hall–Kier alpha value is -2.59. The largest absolute Gasteiger partial charge is 0.356 e. The Morgan fingerprint density at radius 1 is 1.18 bits per heavy atom. The molecule has 0 bridgehead atoms. The van der Waals surface area contributed by atoms with Gasteiger partial charge in [0.05, 0.1) is 11.8 Å². The van der Waals surface area contributed by atoms with Crippen LogP contribution in [0.2, 0.25) is 5.02 Å². The first-order chi connectivity index (χ1) is 10.7. The van der Waals surface area contributed by atoms with Gasteiger partial charge in [-0.1, -0.05) is 47.1 Å². The zero-order valence-corrected chi connectivity index (χ0v) is 12.6. The minimum atomic E-state index is -0.137. The fraction of sp³-hybridized carbons (Fsp3) is 0.0588. The second-order valence-corrected chi connectivity index (χ2v) is 5.10. The highest BCUT2D eigenvalue weighted by Crippen LogP contribution is 2.22. The molecule has 2 aromatic rings. The van der Waals surface area contributed by atoms with Crippen LogP contribution < -0.4 is 5.32 Å². The summed E-state index contributed by atoms with van der Waals surface area (Å²) < 4.78 is 5.02. The first kappa shape index (κ1) is 14.4. The fourth-order valence-corrected chi connectivity index (χ4v) is 2.42. The van der Waals surface area contributed by atoms with Crippen molar-refractivity contribution in [3.8, 4) is 11.3 Å². The lowest BCUT2D eigenvalue weighted by atomic mass is 10.0. The van der Waals surface area contributed by atoms with Gasteiger partial charge in [0.15, 0.2) is 5.76 Å². The van der Waals surface area contributed by atoms with Crippen LogP contribution >= 0.6 is 11.6 Å². The summed E-state index contributed by atoms with van der Waals surface area (Å²) in [4.78, 5) is 11.6. The molecule has 22 heavy (non-hydrogen) atoms. The Morgan fingerprint density at radius 3 is 2.45 bits per heavy atom. The second-order valence-electron chi connectivity index (χ2n) is 4.70. The van der Waals surface area contributed by atoms with Crippen LogP contribution in [0.3, 0.4) is 0 Å². The van der Waals surface area contributed by atoms with Gasteiger partial charge >= 0.3 is 0 Å². The van der Waals surface area contributed by atoms with Crippen molar-refractivity contribution in [1.29, 1.82) is 0 Å². The molecule has 4 nitrogen and oxygen atoms in total. The Balaban J connectivity index is 0.000000169. The van der Waals surface area contributed by atoms with Gasteiger partial charge in [-0.15, -0.1) is 0 Å². The van der Waals surface area contributed by atoms with E-state index in [4.69, 9.17) is 16.1 Å². The molecule has 1 amide bonds. The van der Waals surface area contributed by atoms with Gasteiger partial charge in [0, 0.05) is 28.9 Å². The maximum atomic E-state index is 11.6. The monoisotopic (exact) mass is 312 g/mol. The molecule has 4 rings (SSSR count). The molecule has 1 N–H and O–H groups in total. The quantitative estimate of drug-likeness (QED) is 0.615. The Kier molecular flexibility index (Phi) is 3.94. The molecular weight excluding hydrogens is 300 g/mol. The molecule has 1 aromatic heterocycles. The molecule has 0 spiro atoms. The predicted octanol–water partition coefficient (Wildman–Crippen LogP) is 3.64. The summed E-state index contributed by atoms with van der Waals surface area (Å²) in [5.41, 5.74) is 1.33. The van der Waals surface area contributed by atoms with Crippen LogP contribution in [0, 0.1) is 10.4 Å². The highest BCUT2D eigenvalue weighted by atomic mass is 35.5. The van der Waals surface area contributed by atoms with Crippen LogP contribution in [0.4, 0.5) is 0 Å². The number of hydrogen-bond acceptors (Lipinski definition) is 3. The number of rotatable bonds is 2. The number of hydrogen-bond donors (Lipinski definition) is 1. The third-order valence-electron chi connectivity index (χ3n) is 3.38. The van der Waals surface area contributed by atoms with Crippen molar-refractivity contribution in [2.24, 2.45) is 0 Å². The van der Waals surface area contributed by atoms with E-state index in [9.17, 15) is 4.79 Å². The molecule has 0 radical (unpaired) electrons. The van der Waals surface area contributed by atoms with Crippen LogP contribution in [0.1, 0.15) is 10.4 Å². The summed E-state index contributed by atoms with van der Waals surface area (Å²) in [6.45, 7) is 0. The molecule has 2 aliphatic carbocycles. The lowest BCUT2D eigenvalue weighted by Crippen LogP contribution is -2.18. The summed E-state index contributed by atoms with van der Waals surface area (Å²) in [6, 6.07) is 15.0. The molecule has 0 aliphatic heterocycles. The Morgan fingerprint density at radius 2 is 2.00 bits per heavy atom. The summed E-state index contributed by atoms with van der Waals surface area (Å²) in [5, 5.41) is 9.66. The van der Waals surface area contributed by atoms with Crippen LogP contribution in [0.15, 0.2) is 59.3 Å². The van der Waals surface area contributed by atoms with E-state index in [1.54, 1.807) is 25.4 Å². The van der Waals surface area contributed by atoms with E-state index in [-0.39, 0.29) is 5.91 Å². The summed E-state index contributed by atoms with van der Waals surface area (Å²) in [5.74, 6) is 0.455. The lowest BCUT2D eigenvalue weighted by molar-refractivity contribution is 0.0963. The average molecular weight is 313 g/mol. The summed E-state index contributed by atoms with van der Waals surface area (Å²) in [7, 11) is 1.60. The van der Waals surface area contributed by atoms with Gasteiger partial charge in [-0.25, -0.2) is 0 Å². The maximum Gasteiger partial charge on any atom is 0.251 e. The van der Waals surface area contributed by atoms with Gasteiger partial charge in [0.25, 0.3) is 5.91 Å². The second kappa shape index (κ2) is 6.03. The molecule has 0 saturated carbocycles. The van der Waals surface area contributed by atoms with Crippen LogP contribution in [0.25, 0.3) is 11.3 Å². The zero-order valence-electron chi connectivity index (χ0n) is 11.8. The van der Waals surface area contributed by atoms with Crippen LogP contribution in [-0.2, 0) is 0 Å². The fourth-order valence-electron chi connectivity index (χ4n) is 2.13. The van der Waals surface area contributed by atoms with E-state index in [0.29, 0.717) is 11.3 Å². The highest BCUT2D eigenvalue weighted by Gasteiger charge is 2.12. The van der Waals surface area contributed by atoms with Crippen molar-refractivity contribution < 1.29 is 9.32 Å². The summed E-state index contributed by atoms with van der Waals surface area (Å²) in [6.07, 6.45) is 1.55. The SMILES string of the molecule is CNC(=O)c1ccccc1-c1ccno1.Clc1cc2ccc1=2. The topological polar surface area (TPSA) is 55.1 Å². The van der Waals surface area contributed by atoms with Gasteiger partial charge in [-0.3, -0.25) is 4.79 Å². The number of carbonyl (C=O) groups is 1. The normalized spacial score (nSPS) is 10.5. The van der Waals surface area contributed by atoms with E-state index in [0.717, 1.165) is 10.6 Å². The van der Waals surface area contributed by atoms with Crippen LogP contribution in [0.5, 0.6) is 0 Å². The number of aromatic nitrogens is 1. The van der Waals surface area contributed by atoms with Crippen LogP contribution in [-0.4, -0.2) is 18.1 Å². The van der Waals surface area contributed by atoms with E-state index in [2.05, 4.69) is 16.5 Å². The standard InChI is InChI=1S/C11H10N2O2.C6H3Cl/c1-12-11(14)9-5-3-2-4-8(9)10-6-7-13-15-10;7-6-3-4-1-2-5(4)6/h2-7H,1H3,(H,12,14);1-3H. The third-order valence-corrected chi connectivity index (χ3v) is 3.69. The summed E-state index contributed by atoms with van der Waals surface area (Å²) >= 11 is 5.60. The van der Waals surface area contributed by atoms with Gasteiger partial charge in [-0.2, -0.15) is 0 Å². The third kappa shape index (κ3) is 2.61. The van der Waals surface area contributed by atoms with E-state index >= 15 is 0 Å². The van der Waals surface area contributed by atoms with E-state index in [1.807, 2.05) is 30.3 Å². The van der Waals surface area contributed by atoms with Crippen molar-refractivity contribution in [3.63, 3.8) is 0 Å². The Bertz CT molecular complexity index is 905. The predicted molar refractivity (Wildman–Crippen MR) is 84.5 cm³/mol. The minimum Gasteiger partial charge on any atom is -0.356 e. The maximum absolute atomic E-state index is 11.6. The van der Waals surface area contributed by atoms with Crippen molar-refractivity contribution in [2.75, 3.05) is 7.05 Å². The molecular formula is C17H13ClN2O2. The molecule has 0 atom stereocenters. The first-order valence-corrected chi connectivity index (χ1v) is 7.10. The number of amides is 1. The first-order valence-electron chi connectivity index (χ1n) is 6.73. The smallest absolute Gasteiger partial charge is 0.251 e. The molecule has 0 unspecified atom stereocenters. The molecule has 1 aromatic carbocycles. The van der Waals surface area contributed by atoms with Crippen molar-refractivity contribution in [3.05, 3.63) is 75.8 Å². The number of halogens is 1. The lowest BCUT2D eigenvalue weighted by Gasteiger charge is -2.04. The molecule has 1 heterocycles. The number of nitrogens with one attached hydrogen (secondary N) is 1. The molecule has 5 heteroatoms. The van der Waals surface area contributed by atoms with Gasteiger partial charge < -0.3 is 9.84 Å². The van der Waals surface area contributed by atoms with Crippen molar-refractivity contribution >= 4 is 17.5 Å². The number of carbonyl (C=O) groups excluding carboxylic acids is 1. The molecule has 0 saturated heterocycles. The highest BCUT2D eigenvalue weighted by molar-refractivity contribution is 6.31. The van der Waals surface area contributed by atoms with Crippen molar-refractivity contribution in [2.45, 2.75) is 0 Å². The Labute approximate surface area is 132 Å². The number of nitrogens with zero attached hydrogens (tertiary/aromatic N) is 1.